The van der Waals surface area contributed by atoms with E-state index in [1.165, 1.54) is 0 Å². The van der Waals surface area contributed by atoms with Gasteiger partial charge in [-0.1, -0.05) is 11.6 Å². The van der Waals surface area contributed by atoms with E-state index in [9.17, 15) is 13.2 Å². The maximum Gasteiger partial charge on any atom is 0.417 e. The average Bonchev–Trinajstić information content (AvgIpc) is 2.38. The van der Waals surface area contributed by atoms with E-state index in [2.05, 4.69) is 4.98 Å². The predicted octanol–water partition coefficient (Wildman–Crippen LogP) is 4.60. The molecule has 0 bridgehead atoms. The van der Waals surface area contributed by atoms with E-state index >= 15 is 0 Å². The summed E-state index contributed by atoms with van der Waals surface area (Å²) in [5, 5.41) is 0.0475. The van der Waals surface area contributed by atoms with Crippen molar-refractivity contribution >= 4 is 29.0 Å². The average molecular weight is 327 g/mol. The van der Waals surface area contributed by atoms with Crippen molar-refractivity contribution in [3.8, 4) is 0 Å². The molecule has 0 aromatic carbocycles. The van der Waals surface area contributed by atoms with Crippen LogP contribution < -0.4 is 4.90 Å². The Hall–Kier alpha value is -0.680. The highest BCUT2D eigenvalue weighted by Gasteiger charge is 2.32. The van der Waals surface area contributed by atoms with Gasteiger partial charge in [0, 0.05) is 25.2 Å². The highest BCUT2D eigenvalue weighted by molar-refractivity contribution is 6.33. The Morgan fingerprint density at radius 1 is 1.40 bits per heavy atom. The summed E-state index contributed by atoms with van der Waals surface area (Å²) >= 11 is 11.7. The first kappa shape index (κ1) is 15.7. The van der Waals surface area contributed by atoms with Gasteiger partial charge in [0.15, 0.2) is 0 Å². The molecule has 1 aromatic heterocycles. The second-order valence-electron chi connectivity index (χ2n) is 4.96. The Bertz CT molecular complexity index is 463. The summed E-state index contributed by atoms with van der Waals surface area (Å²) in [6.07, 6.45) is -0.622. The molecule has 0 saturated carbocycles. The molecular weight excluding hydrogens is 312 g/mol. The van der Waals surface area contributed by atoms with Crippen molar-refractivity contribution in [3.05, 3.63) is 22.8 Å². The van der Waals surface area contributed by atoms with Crippen LogP contribution in [0.5, 0.6) is 0 Å². The largest absolute Gasteiger partial charge is 0.417 e. The maximum atomic E-state index is 12.6. The molecule has 0 amide bonds. The molecule has 7 heteroatoms. The van der Waals surface area contributed by atoms with E-state index in [1.54, 1.807) is 0 Å². The van der Waals surface area contributed by atoms with Crippen molar-refractivity contribution in [2.24, 2.45) is 5.92 Å². The van der Waals surface area contributed by atoms with Gasteiger partial charge in [0.25, 0.3) is 0 Å². The molecule has 1 fully saturated rings. The van der Waals surface area contributed by atoms with Gasteiger partial charge in [-0.15, -0.1) is 11.6 Å². The van der Waals surface area contributed by atoms with Crippen molar-refractivity contribution < 1.29 is 13.2 Å². The van der Waals surface area contributed by atoms with Crippen molar-refractivity contribution in [2.75, 3.05) is 23.9 Å². The van der Waals surface area contributed by atoms with E-state index in [4.69, 9.17) is 23.2 Å². The van der Waals surface area contributed by atoms with Crippen LogP contribution in [0.3, 0.4) is 0 Å². The van der Waals surface area contributed by atoms with Gasteiger partial charge >= 0.3 is 6.18 Å². The van der Waals surface area contributed by atoms with Crippen molar-refractivity contribution in [1.29, 1.82) is 0 Å². The molecule has 0 spiro atoms. The van der Waals surface area contributed by atoms with Crippen LogP contribution in [0.25, 0.3) is 0 Å². The maximum absolute atomic E-state index is 12.6. The zero-order valence-corrected chi connectivity index (χ0v) is 12.3. The van der Waals surface area contributed by atoms with Crippen LogP contribution in [0.1, 0.15) is 24.8 Å². The second-order valence-corrected chi connectivity index (χ2v) is 5.74. The minimum absolute atomic E-state index is 0.0475. The second kappa shape index (κ2) is 6.39. The number of halogens is 5. The van der Waals surface area contributed by atoms with Crippen LogP contribution in [-0.2, 0) is 6.18 Å². The van der Waals surface area contributed by atoms with E-state index in [0.717, 1.165) is 44.6 Å². The Balaban J connectivity index is 2.16. The van der Waals surface area contributed by atoms with Crippen molar-refractivity contribution in [3.63, 3.8) is 0 Å². The number of nitrogens with zero attached hydrogens (tertiary/aromatic N) is 2. The van der Waals surface area contributed by atoms with Crippen molar-refractivity contribution in [1.82, 2.24) is 4.98 Å². The smallest absolute Gasteiger partial charge is 0.355 e. The number of hydrogen-bond donors (Lipinski definition) is 0. The highest BCUT2D eigenvalue weighted by atomic mass is 35.5. The van der Waals surface area contributed by atoms with Gasteiger partial charge in [-0.2, -0.15) is 13.2 Å². The fourth-order valence-electron chi connectivity index (χ4n) is 2.47. The van der Waals surface area contributed by atoms with Gasteiger partial charge in [-0.05, 0) is 31.2 Å². The molecule has 1 aliphatic heterocycles. The summed E-state index contributed by atoms with van der Waals surface area (Å²) in [6, 6.07) is 0.940. The lowest BCUT2D eigenvalue weighted by molar-refractivity contribution is -0.137. The van der Waals surface area contributed by atoms with Gasteiger partial charge in [0.05, 0.1) is 10.6 Å². The normalized spacial score (nSPS) is 20.2. The molecule has 1 aliphatic rings. The van der Waals surface area contributed by atoms with Gasteiger partial charge in [0.2, 0.25) is 0 Å². The molecule has 1 atom stereocenters. The van der Waals surface area contributed by atoms with Crippen LogP contribution in [-0.4, -0.2) is 24.0 Å². The summed E-state index contributed by atoms with van der Waals surface area (Å²) in [6.45, 7) is 1.50. The zero-order valence-electron chi connectivity index (χ0n) is 10.8. The lowest BCUT2D eigenvalue weighted by Gasteiger charge is -2.34. The molecule has 0 aliphatic carbocycles. The van der Waals surface area contributed by atoms with Crippen LogP contribution in [0.4, 0.5) is 19.0 Å². The van der Waals surface area contributed by atoms with Crippen LogP contribution >= 0.6 is 23.2 Å². The molecule has 20 heavy (non-hydrogen) atoms. The summed E-state index contributed by atoms with van der Waals surface area (Å²) in [4.78, 5) is 5.85. The lowest BCUT2D eigenvalue weighted by Crippen LogP contribution is -2.36. The molecule has 2 heterocycles. The standard InChI is InChI=1S/C13H15Cl2F3N2/c14-4-3-9-2-1-5-20(8-9)12-11(15)6-10(7-19-12)13(16,17)18/h6-7,9H,1-5,8H2. The SMILES string of the molecule is FC(F)(F)c1cnc(N2CCCC(CCCl)C2)c(Cl)c1. The van der Waals surface area contributed by atoms with E-state index in [1.807, 2.05) is 4.90 Å². The van der Waals surface area contributed by atoms with E-state index < -0.39 is 11.7 Å². The number of rotatable bonds is 3. The topological polar surface area (TPSA) is 16.1 Å². The minimum Gasteiger partial charge on any atom is -0.355 e. The zero-order chi connectivity index (χ0) is 14.8. The Morgan fingerprint density at radius 3 is 2.75 bits per heavy atom. The molecule has 1 unspecified atom stereocenters. The molecule has 0 N–H and O–H groups in total. The number of pyridine rings is 1. The quantitative estimate of drug-likeness (QED) is 0.755. The molecule has 2 nitrogen and oxygen atoms in total. The Morgan fingerprint density at radius 2 is 2.15 bits per heavy atom. The minimum atomic E-state index is -4.42. The fraction of sp³-hybridized carbons (Fsp3) is 0.615. The number of piperidine rings is 1. The van der Waals surface area contributed by atoms with Crippen LogP contribution in [0, 0.1) is 5.92 Å². The summed E-state index contributed by atoms with van der Waals surface area (Å²) < 4.78 is 37.7. The first-order valence-corrected chi connectivity index (χ1v) is 7.36. The monoisotopic (exact) mass is 326 g/mol. The Labute approximate surface area is 125 Å². The van der Waals surface area contributed by atoms with Gasteiger partial charge < -0.3 is 4.90 Å². The molecule has 0 radical (unpaired) electrons. The first-order chi connectivity index (χ1) is 9.41. The number of hydrogen-bond acceptors (Lipinski definition) is 2. The van der Waals surface area contributed by atoms with Gasteiger partial charge in [-0.3, -0.25) is 0 Å². The number of alkyl halides is 4. The molecule has 1 saturated heterocycles. The number of aromatic nitrogens is 1. The number of anilines is 1. The third-order valence-electron chi connectivity index (χ3n) is 3.48. The molecule has 2 rings (SSSR count). The first-order valence-electron chi connectivity index (χ1n) is 6.45. The summed E-state index contributed by atoms with van der Waals surface area (Å²) in [7, 11) is 0. The third kappa shape index (κ3) is 3.70. The lowest BCUT2D eigenvalue weighted by atomic mass is 9.95. The highest BCUT2D eigenvalue weighted by Crippen LogP contribution is 2.34. The van der Waals surface area contributed by atoms with Crippen molar-refractivity contribution in [2.45, 2.75) is 25.4 Å². The van der Waals surface area contributed by atoms with Gasteiger partial charge in [-0.25, -0.2) is 4.98 Å². The van der Waals surface area contributed by atoms with E-state index in [0.29, 0.717) is 17.6 Å². The predicted molar refractivity (Wildman–Crippen MR) is 74.5 cm³/mol. The molecular formula is C13H15Cl2F3N2. The van der Waals surface area contributed by atoms with Gasteiger partial charge in [0.1, 0.15) is 5.82 Å². The molecule has 1 aromatic rings. The summed E-state index contributed by atoms with van der Waals surface area (Å²) in [5.41, 5.74) is -0.819. The Kier molecular flexibility index (Phi) is 5.02. The van der Waals surface area contributed by atoms with E-state index in [-0.39, 0.29) is 5.02 Å². The molecule has 112 valence electrons. The fourth-order valence-corrected chi connectivity index (χ4v) is 3.06. The third-order valence-corrected chi connectivity index (χ3v) is 3.98. The van der Waals surface area contributed by atoms with Crippen LogP contribution in [0.15, 0.2) is 12.3 Å². The summed E-state index contributed by atoms with van der Waals surface area (Å²) in [5.74, 6) is 1.47. The van der Waals surface area contributed by atoms with Crippen LogP contribution in [0.2, 0.25) is 5.02 Å².